The van der Waals surface area contributed by atoms with Gasteiger partial charge in [0.2, 0.25) is 5.88 Å². The largest absolute Gasteiger partial charge is 0.478 e. The van der Waals surface area contributed by atoms with Gasteiger partial charge in [0, 0.05) is 11.8 Å². The van der Waals surface area contributed by atoms with Crippen molar-refractivity contribution in [1.29, 1.82) is 0 Å². The van der Waals surface area contributed by atoms with E-state index in [1.165, 1.54) is 0 Å². The van der Waals surface area contributed by atoms with Crippen LogP contribution in [0.5, 0.6) is 5.88 Å². The molecule has 1 aromatic heterocycles. The van der Waals surface area contributed by atoms with Crippen LogP contribution in [0.15, 0.2) is 6.07 Å². The molecule has 0 saturated heterocycles. The van der Waals surface area contributed by atoms with Crippen LogP contribution >= 0.6 is 0 Å². The third-order valence-corrected chi connectivity index (χ3v) is 1.25. The summed E-state index contributed by atoms with van der Waals surface area (Å²) in [5.74, 6) is 0.616. The highest BCUT2D eigenvalue weighted by Crippen LogP contribution is 2.07. The van der Waals surface area contributed by atoms with E-state index in [0.29, 0.717) is 18.8 Å². The molecule has 0 radical (unpaired) electrons. The van der Waals surface area contributed by atoms with Crippen molar-refractivity contribution in [3.8, 4) is 5.88 Å². The fourth-order valence-corrected chi connectivity index (χ4v) is 0.836. The lowest BCUT2D eigenvalue weighted by Gasteiger charge is -2.02. The summed E-state index contributed by atoms with van der Waals surface area (Å²) in [5, 5.41) is 0. The van der Waals surface area contributed by atoms with Gasteiger partial charge in [0.25, 0.3) is 0 Å². The van der Waals surface area contributed by atoms with Gasteiger partial charge < -0.3 is 4.74 Å². The Morgan fingerprint density at radius 2 is 2.33 bits per heavy atom. The Bertz CT molecular complexity index is 286. The fourth-order valence-electron chi connectivity index (χ4n) is 0.836. The molecule has 0 bridgehead atoms. The number of aromatic nitrogens is 2. The second-order valence-corrected chi connectivity index (χ2v) is 2.26. The molecule has 0 amide bonds. The zero-order chi connectivity index (χ0) is 8.97. The molecular formula is C8H10N2O2. The zero-order valence-corrected chi connectivity index (χ0v) is 7.07. The minimum absolute atomic E-state index is 0.165. The summed E-state index contributed by atoms with van der Waals surface area (Å²) < 4.78 is 5.12. The Morgan fingerprint density at radius 1 is 1.58 bits per heavy atom. The van der Waals surface area contributed by atoms with E-state index >= 15 is 0 Å². The first kappa shape index (κ1) is 8.64. The Morgan fingerprint density at radius 3 is 2.92 bits per heavy atom. The molecule has 0 aromatic carbocycles. The number of aryl methyl sites for hydroxylation is 1. The van der Waals surface area contributed by atoms with Crippen molar-refractivity contribution < 1.29 is 9.53 Å². The quantitative estimate of drug-likeness (QED) is 0.628. The number of carbonyl (C=O) groups is 1. The summed E-state index contributed by atoms with van der Waals surface area (Å²) in [5.41, 5.74) is 0.732. The summed E-state index contributed by atoms with van der Waals surface area (Å²) >= 11 is 0. The molecule has 0 unspecified atom stereocenters. The molecule has 0 fully saturated rings. The Hall–Kier alpha value is -1.45. The van der Waals surface area contributed by atoms with Crippen LogP contribution in [0.4, 0.5) is 0 Å². The van der Waals surface area contributed by atoms with Crippen LogP contribution in [0.2, 0.25) is 0 Å². The highest BCUT2D eigenvalue weighted by Gasteiger charge is 2.00. The molecule has 64 valence electrons. The first-order valence-electron chi connectivity index (χ1n) is 3.70. The number of nitrogens with zero attached hydrogens (tertiary/aromatic N) is 2. The maximum absolute atomic E-state index is 10.3. The summed E-state index contributed by atoms with van der Waals surface area (Å²) in [6, 6.07) is 1.69. The van der Waals surface area contributed by atoms with Crippen molar-refractivity contribution in [1.82, 2.24) is 9.97 Å². The van der Waals surface area contributed by atoms with Crippen molar-refractivity contribution in [2.75, 3.05) is 6.61 Å². The summed E-state index contributed by atoms with van der Waals surface area (Å²) in [7, 11) is 0. The Kier molecular flexibility index (Phi) is 2.74. The number of carbonyl (C=O) groups excluding carboxylic acids is 1. The molecule has 1 aromatic rings. The first-order chi connectivity index (χ1) is 5.76. The van der Waals surface area contributed by atoms with Crippen LogP contribution in [0.3, 0.4) is 0 Å². The lowest BCUT2D eigenvalue weighted by molar-refractivity contribution is 0.111. The molecular weight excluding hydrogens is 156 g/mol. The molecule has 0 atom stereocenters. The average molecular weight is 166 g/mol. The van der Waals surface area contributed by atoms with Gasteiger partial charge in [0.15, 0.2) is 12.1 Å². The lowest BCUT2D eigenvalue weighted by Crippen LogP contribution is -2.00. The van der Waals surface area contributed by atoms with E-state index in [9.17, 15) is 4.79 Å². The van der Waals surface area contributed by atoms with Crippen LogP contribution < -0.4 is 4.74 Å². The molecule has 0 saturated carbocycles. The van der Waals surface area contributed by atoms with Crippen molar-refractivity contribution in [2.24, 2.45) is 0 Å². The summed E-state index contributed by atoms with van der Waals surface area (Å²) in [4.78, 5) is 18.1. The number of aldehydes is 1. The van der Waals surface area contributed by atoms with E-state index in [0.717, 1.165) is 5.69 Å². The molecule has 1 heterocycles. The third kappa shape index (κ3) is 2.02. The Balaban J connectivity index is 2.97. The number of rotatable bonds is 3. The standard InChI is InChI=1S/C8H10N2O2/c1-3-12-8-4-6(2)9-7(5-11)10-8/h4-5H,3H2,1-2H3. The SMILES string of the molecule is CCOc1cc(C)nc(C=O)n1. The topological polar surface area (TPSA) is 52.1 Å². The summed E-state index contributed by atoms with van der Waals surface area (Å²) in [6.07, 6.45) is 0.607. The normalized spacial score (nSPS) is 9.50. The van der Waals surface area contributed by atoms with Crippen LogP contribution in [-0.2, 0) is 0 Å². The zero-order valence-electron chi connectivity index (χ0n) is 7.07. The van der Waals surface area contributed by atoms with E-state index < -0.39 is 0 Å². The maximum Gasteiger partial charge on any atom is 0.217 e. The molecule has 0 N–H and O–H groups in total. The van der Waals surface area contributed by atoms with E-state index in [-0.39, 0.29) is 5.82 Å². The molecule has 12 heavy (non-hydrogen) atoms. The van der Waals surface area contributed by atoms with E-state index in [4.69, 9.17) is 4.74 Å². The van der Waals surface area contributed by atoms with Gasteiger partial charge in [-0.1, -0.05) is 0 Å². The van der Waals surface area contributed by atoms with E-state index in [1.54, 1.807) is 13.0 Å². The van der Waals surface area contributed by atoms with Gasteiger partial charge in [-0.25, -0.2) is 4.98 Å². The monoisotopic (exact) mass is 166 g/mol. The molecule has 0 aliphatic heterocycles. The molecule has 4 heteroatoms. The van der Waals surface area contributed by atoms with Crippen LogP contribution in [-0.4, -0.2) is 22.9 Å². The van der Waals surface area contributed by atoms with Crippen LogP contribution in [0.1, 0.15) is 23.2 Å². The van der Waals surface area contributed by atoms with Gasteiger partial charge in [-0.3, -0.25) is 4.79 Å². The first-order valence-corrected chi connectivity index (χ1v) is 3.70. The van der Waals surface area contributed by atoms with Crippen LogP contribution in [0, 0.1) is 6.92 Å². The minimum atomic E-state index is 0.165. The van der Waals surface area contributed by atoms with Gasteiger partial charge >= 0.3 is 0 Å². The van der Waals surface area contributed by atoms with E-state index in [1.807, 2.05) is 6.92 Å². The van der Waals surface area contributed by atoms with Crippen molar-refractivity contribution in [2.45, 2.75) is 13.8 Å². The van der Waals surface area contributed by atoms with E-state index in [2.05, 4.69) is 9.97 Å². The number of ether oxygens (including phenoxy) is 1. The second-order valence-electron chi connectivity index (χ2n) is 2.26. The highest BCUT2D eigenvalue weighted by atomic mass is 16.5. The predicted octanol–water partition coefficient (Wildman–Crippen LogP) is 0.996. The molecule has 1 rings (SSSR count). The van der Waals surface area contributed by atoms with Gasteiger partial charge in [0.1, 0.15) is 0 Å². The fraction of sp³-hybridized carbons (Fsp3) is 0.375. The van der Waals surface area contributed by atoms with Crippen molar-refractivity contribution in [3.63, 3.8) is 0 Å². The Labute approximate surface area is 70.6 Å². The molecule has 0 spiro atoms. The lowest BCUT2D eigenvalue weighted by atomic mass is 10.4. The third-order valence-electron chi connectivity index (χ3n) is 1.25. The van der Waals surface area contributed by atoms with Gasteiger partial charge in [-0.05, 0) is 13.8 Å². The van der Waals surface area contributed by atoms with Crippen molar-refractivity contribution >= 4 is 6.29 Å². The number of hydrogen-bond donors (Lipinski definition) is 0. The molecule has 0 aliphatic carbocycles. The smallest absolute Gasteiger partial charge is 0.217 e. The molecule has 4 nitrogen and oxygen atoms in total. The molecule has 0 aliphatic rings. The van der Waals surface area contributed by atoms with Gasteiger partial charge in [-0.15, -0.1) is 0 Å². The van der Waals surface area contributed by atoms with Gasteiger partial charge in [-0.2, -0.15) is 4.98 Å². The highest BCUT2D eigenvalue weighted by molar-refractivity contribution is 5.68. The summed E-state index contributed by atoms with van der Waals surface area (Å²) in [6.45, 7) is 4.18. The second kappa shape index (κ2) is 3.80. The predicted molar refractivity (Wildman–Crippen MR) is 43.3 cm³/mol. The number of hydrogen-bond acceptors (Lipinski definition) is 4. The van der Waals surface area contributed by atoms with Crippen LogP contribution in [0.25, 0.3) is 0 Å². The minimum Gasteiger partial charge on any atom is -0.478 e. The average Bonchev–Trinajstić information content (AvgIpc) is 2.04. The van der Waals surface area contributed by atoms with Gasteiger partial charge in [0.05, 0.1) is 6.61 Å². The van der Waals surface area contributed by atoms with Crippen molar-refractivity contribution in [3.05, 3.63) is 17.6 Å². The maximum atomic E-state index is 10.3.